The molecule has 28 heteroatoms. The molecular weight excluding hydrogens is 1070 g/mol. The van der Waals surface area contributed by atoms with Crippen LogP contribution in [0.2, 0.25) is 0 Å². The predicted octanol–water partition coefficient (Wildman–Crippen LogP) is -4.82. The van der Waals surface area contributed by atoms with Gasteiger partial charge in [-0.15, -0.1) is 0 Å². The largest absolute Gasteiger partial charge is 0.391 e. The van der Waals surface area contributed by atoms with E-state index in [1.165, 1.54) is 20.8 Å². The molecule has 0 bridgehead atoms. The summed E-state index contributed by atoms with van der Waals surface area (Å²) in [6.45, 7) is 8.34. The molecular formula is C54H93N15O13. The van der Waals surface area contributed by atoms with E-state index in [-0.39, 0.29) is 82.9 Å². The van der Waals surface area contributed by atoms with Crippen molar-refractivity contribution in [2.45, 2.75) is 198 Å². The molecule has 1 saturated heterocycles. The molecule has 0 aliphatic carbocycles. The van der Waals surface area contributed by atoms with E-state index in [1.807, 2.05) is 0 Å². The minimum atomic E-state index is -1.68. The Labute approximate surface area is 480 Å². The summed E-state index contributed by atoms with van der Waals surface area (Å²) < 4.78 is 0. The van der Waals surface area contributed by atoms with Gasteiger partial charge in [0.05, 0.1) is 12.2 Å². The van der Waals surface area contributed by atoms with Crippen LogP contribution in [-0.4, -0.2) is 181 Å². The molecule has 462 valence electrons. The molecule has 2 rings (SSSR count). The van der Waals surface area contributed by atoms with Crippen LogP contribution in [-0.2, 0) is 59.2 Å². The Morgan fingerprint density at radius 2 is 1.10 bits per heavy atom. The number of nitrogens with two attached hydrogens (primary N) is 4. The highest BCUT2D eigenvalue weighted by Crippen LogP contribution is 2.12. The van der Waals surface area contributed by atoms with Crippen molar-refractivity contribution < 1.29 is 63.0 Å². The Hall–Kier alpha value is -6.85. The number of carbonyl (C=O) groups is 11. The molecule has 0 radical (unpaired) electrons. The van der Waals surface area contributed by atoms with Gasteiger partial charge in [-0.25, -0.2) is 0 Å². The maximum atomic E-state index is 14.5. The molecule has 1 aliphatic rings. The van der Waals surface area contributed by atoms with Gasteiger partial charge in [-0.2, -0.15) is 0 Å². The van der Waals surface area contributed by atoms with Gasteiger partial charge in [0.15, 0.2) is 0 Å². The highest BCUT2D eigenvalue weighted by Gasteiger charge is 2.37. The molecule has 0 aromatic heterocycles. The molecule has 1 aromatic carbocycles. The molecule has 28 nitrogen and oxygen atoms in total. The van der Waals surface area contributed by atoms with Gasteiger partial charge < -0.3 is 91.6 Å². The normalized spacial score (nSPS) is 22.9. The number of aliphatic hydroxyl groups excluding tert-OH is 2. The second-order valence-electron chi connectivity index (χ2n) is 21.0. The van der Waals surface area contributed by atoms with Gasteiger partial charge in [-0.3, -0.25) is 52.7 Å². The fraction of sp³-hybridized carbons (Fsp3) is 0.685. The van der Waals surface area contributed by atoms with Crippen molar-refractivity contribution in [2.75, 3.05) is 32.7 Å². The van der Waals surface area contributed by atoms with Crippen LogP contribution in [0.25, 0.3) is 0 Å². The van der Waals surface area contributed by atoms with Gasteiger partial charge in [-0.05, 0) is 103 Å². The van der Waals surface area contributed by atoms with Gasteiger partial charge >= 0.3 is 0 Å². The van der Waals surface area contributed by atoms with Gasteiger partial charge in [0.25, 0.3) is 0 Å². The van der Waals surface area contributed by atoms with Crippen molar-refractivity contribution >= 4 is 65.0 Å². The van der Waals surface area contributed by atoms with Crippen molar-refractivity contribution in [3.63, 3.8) is 0 Å². The second-order valence-corrected chi connectivity index (χ2v) is 21.0. The van der Waals surface area contributed by atoms with Crippen molar-refractivity contribution in [1.29, 1.82) is 0 Å². The summed E-state index contributed by atoms with van der Waals surface area (Å²) in [7, 11) is 0. The number of benzene rings is 1. The van der Waals surface area contributed by atoms with Crippen molar-refractivity contribution in [3.8, 4) is 0 Å². The van der Waals surface area contributed by atoms with Gasteiger partial charge in [-0.1, -0.05) is 76.8 Å². The van der Waals surface area contributed by atoms with E-state index < -0.39 is 145 Å². The Bertz CT molecular complexity index is 2240. The van der Waals surface area contributed by atoms with E-state index in [4.69, 9.17) is 22.9 Å². The minimum absolute atomic E-state index is 0.0492. The van der Waals surface area contributed by atoms with E-state index in [2.05, 4.69) is 65.4 Å². The molecule has 0 unspecified atom stereocenters. The Morgan fingerprint density at radius 3 is 1.62 bits per heavy atom. The maximum absolute atomic E-state index is 14.5. The fourth-order valence-electron chi connectivity index (χ4n) is 8.73. The van der Waals surface area contributed by atoms with E-state index in [0.29, 0.717) is 12.0 Å². The third kappa shape index (κ3) is 25.5. The SMILES string of the molecule is CCCCCCCC(=O)N[C@@H](C)C(=O)N[C@H](C(=O)N[C@@H](CCN)C(=O)N[C@H]1CCNC(=O)[C@H]([C@@H](C)O)NC(=O)[C@H](CCN)NC(=O)[C@H](CCN)NC(=O)[C@H](CC(C)C)NC(=O)[C@@H](Cc2ccccc2)NC(=O)[C@H](CCN)NC1=O)[C@@H](C)O. The van der Waals surface area contributed by atoms with Gasteiger partial charge in [0.1, 0.15) is 60.4 Å². The first-order chi connectivity index (χ1) is 38.9. The van der Waals surface area contributed by atoms with Crippen molar-refractivity contribution in [2.24, 2.45) is 28.9 Å². The zero-order chi connectivity index (χ0) is 61.5. The standard InChI is InChI=1S/C54H93N15O13/c1-7-8-9-10-14-17-42(72)60-31(4)45(73)68-44(33(6)71)54(82)65-37(20-25-57)47(75)64-39-22-27-59-53(81)43(32(5)70)69-50(78)38(21-26-58)62-46(74)35(18-23-55)63-51(79)40(28-30(2)3)66-52(80)41(29-34-15-12-11-13-16-34)67-48(76)36(19-24-56)61-49(39)77/h11-13,15-16,30-33,35-41,43-44,70-71H,7-10,14,17-29,55-58H2,1-6H3,(H,59,81)(H,60,72)(H,61,77)(H,62,74)(H,63,79)(H,64,75)(H,65,82)(H,66,80)(H,67,76)(H,68,73)(H,69,78)/t31-,32+,33+,35-,36-,37-,38-,39-,40-,41+,43-,44-/m0/s1. The highest BCUT2D eigenvalue weighted by atomic mass is 16.3. The number of hydrogen-bond donors (Lipinski definition) is 17. The Morgan fingerprint density at radius 1 is 0.585 bits per heavy atom. The lowest BCUT2D eigenvalue weighted by molar-refractivity contribution is -0.137. The zero-order valence-electron chi connectivity index (χ0n) is 48.3. The summed E-state index contributed by atoms with van der Waals surface area (Å²) in [5, 5.41) is 49.4. The van der Waals surface area contributed by atoms with Crippen molar-refractivity contribution in [1.82, 2.24) is 58.5 Å². The zero-order valence-corrected chi connectivity index (χ0v) is 48.3. The third-order valence-corrected chi connectivity index (χ3v) is 13.4. The first kappa shape index (κ1) is 71.3. The third-order valence-electron chi connectivity index (χ3n) is 13.4. The van der Waals surface area contributed by atoms with Crippen LogP contribution in [0.4, 0.5) is 0 Å². The predicted molar refractivity (Wildman–Crippen MR) is 304 cm³/mol. The van der Waals surface area contributed by atoms with Crippen LogP contribution in [0.15, 0.2) is 30.3 Å². The summed E-state index contributed by atoms with van der Waals surface area (Å²) in [5.74, 6) is -9.82. The number of carbonyl (C=O) groups excluding carboxylic acids is 11. The lowest BCUT2D eigenvalue weighted by Gasteiger charge is -2.28. The van der Waals surface area contributed by atoms with Crippen LogP contribution < -0.4 is 81.4 Å². The average molecular weight is 1160 g/mol. The summed E-state index contributed by atoms with van der Waals surface area (Å²) >= 11 is 0. The molecule has 21 N–H and O–H groups in total. The molecule has 1 aromatic rings. The first-order valence-electron chi connectivity index (χ1n) is 28.4. The van der Waals surface area contributed by atoms with E-state index in [9.17, 15) is 63.0 Å². The average Bonchev–Trinajstić information content (AvgIpc) is 3.41. The number of nitrogens with one attached hydrogen (secondary N) is 11. The van der Waals surface area contributed by atoms with E-state index in [1.54, 1.807) is 44.2 Å². The quantitative estimate of drug-likeness (QED) is 0.0368. The Balaban J connectivity index is 2.66. The topological polar surface area (TPSA) is 465 Å². The lowest BCUT2D eigenvalue weighted by Crippen LogP contribution is -2.62. The maximum Gasteiger partial charge on any atom is 0.245 e. The van der Waals surface area contributed by atoms with Crippen LogP contribution in [0.3, 0.4) is 0 Å². The summed E-state index contributed by atoms with van der Waals surface area (Å²) in [6.07, 6.45) is 0.249. The van der Waals surface area contributed by atoms with Gasteiger partial charge in [0.2, 0.25) is 65.0 Å². The number of amides is 11. The number of rotatable bonds is 27. The molecule has 1 aliphatic heterocycles. The number of unbranched alkanes of at least 4 members (excludes halogenated alkanes) is 4. The molecule has 82 heavy (non-hydrogen) atoms. The summed E-state index contributed by atoms with van der Waals surface area (Å²) in [5.41, 5.74) is 24.1. The van der Waals surface area contributed by atoms with Crippen molar-refractivity contribution in [3.05, 3.63) is 35.9 Å². The summed E-state index contributed by atoms with van der Waals surface area (Å²) in [6, 6.07) is -6.04. The fourth-order valence-corrected chi connectivity index (χ4v) is 8.73. The van der Waals surface area contributed by atoms with E-state index >= 15 is 0 Å². The van der Waals surface area contributed by atoms with Crippen LogP contribution in [0.5, 0.6) is 0 Å². The van der Waals surface area contributed by atoms with Crippen LogP contribution in [0, 0.1) is 5.92 Å². The Kier molecular flexibility index (Phi) is 33.0. The molecule has 1 fully saturated rings. The molecule has 1 heterocycles. The van der Waals surface area contributed by atoms with Gasteiger partial charge in [0, 0.05) is 19.4 Å². The summed E-state index contributed by atoms with van der Waals surface area (Å²) in [4.78, 5) is 153. The smallest absolute Gasteiger partial charge is 0.245 e. The first-order valence-corrected chi connectivity index (χ1v) is 28.4. The number of aliphatic hydroxyl groups is 2. The highest BCUT2D eigenvalue weighted by molar-refractivity contribution is 5.99. The van der Waals surface area contributed by atoms with Crippen LogP contribution in [0.1, 0.15) is 124 Å². The molecule has 12 atom stereocenters. The minimum Gasteiger partial charge on any atom is -0.391 e. The number of hydrogen-bond acceptors (Lipinski definition) is 17. The molecule has 0 spiro atoms. The monoisotopic (exact) mass is 1160 g/mol. The molecule has 11 amide bonds. The molecule has 0 saturated carbocycles. The van der Waals surface area contributed by atoms with E-state index in [0.717, 1.165) is 25.7 Å². The van der Waals surface area contributed by atoms with Crippen LogP contribution >= 0.6 is 0 Å². The second kappa shape index (κ2) is 38.0. The lowest BCUT2D eigenvalue weighted by atomic mass is 10.00.